The third-order valence-corrected chi connectivity index (χ3v) is 6.15. The van der Waals surface area contributed by atoms with Gasteiger partial charge < -0.3 is 19.4 Å². The van der Waals surface area contributed by atoms with Gasteiger partial charge in [-0.15, -0.1) is 0 Å². The van der Waals surface area contributed by atoms with E-state index in [-0.39, 0.29) is 16.4 Å². The predicted octanol–water partition coefficient (Wildman–Crippen LogP) is 4.67. The van der Waals surface area contributed by atoms with Gasteiger partial charge in [-0.2, -0.15) is 0 Å². The summed E-state index contributed by atoms with van der Waals surface area (Å²) >= 11 is 5.28. The fourth-order valence-electron chi connectivity index (χ4n) is 4.07. The van der Waals surface area contributed by atoms with Crippen molar-refractivity contribution in [2.45, 2.75) is 6.92 Å². The van der Waals surface area contributed by atoms with Gasteiger partial charge in [0.15, 0.2) is 10.7 Å². The molecule has 0 radical (unpaired) electrons. The third-order valence-electron chi connectivity index (χ3n) is 5.95. The normalized spacial score (nSPS) is 13.4. The van der Waals surface area contributed by atoms with Gasteiger partial charge >= 0.3 is 0 Å². The number of thiocarbonyl (C=S) groups is 1. The van der Waals surface area contributed by atoms with Crippen LogP contribution in [0.25, 0.3) is 22.6 Å². The van der Waals surface area contributed by atoms with Crippen LogP contribution in [0.1, 0.15) is 15.9 Å². The number of aromatic nitrogens is 1. The SMILES string of the molecule is Cc1ccc2nc(-c3ccc(NC(=S)NC(=O)c4ccc(N5CCOCC5)c([N+](=O)[O-])c4)cc3)oc2c1. The van der Waals surface area contributed by atoms with Crippen molar-refractivity contribution in [3.05, 3.63) is 81.9 Å². The Balaban J connectivity index is 1.24. The first-order valence-corrected chi connectivity index (χ1v) is 12.0. The number of morpholine rings is 1. The molecule has 1 aromatic heterocycles. The number of hydrogen-bond acceptors (Lipinski definition) is 8. The van der Waals surface area contributed by atoms with Crippen LogP contribution < -0.4 is 15.5 Å². The molecule has 1 saturated heterocycles. The number of benzene rings is 3. The second-order valence-corrected chi connectivity index (χ2v) is 8.94. The highest BCUT2D eigenvalue weighted by Gasteiger charge is 2.23. The summed E-state index contributed by atoms with van der Waals surface area (Å²) in [5.74, 6) is -0.0438. The van der Waals surface area contributed by atoms with Crippen LogP contribution >= 0.6 is 12.2 Å². The molecule has 0 atom stereocenters. The number of rotatable bonds is 5. The van der Waals surface area contributed by atoms with Crippen LogP contribution in [0.4, 0.5) is 17.1 Å². The number of anilines is 2. The number of fused-ring (bicyclic) bond motifs is 1. The number of hydrogen-bond donors (Lipinski definition) is 2. The number of amides is 1. The van der Waals surface area contributed by atoms with Crippen LogP contribution in [0.15, 0.2) is 65.1 Å². The molecule has 10 nitrogen and oxygen atoms in total. The maximum atomic E-state index is 12.7. The van der Waals surface area contributed by atoms with E-state index in [0.29, 0.717) is 43.6 Å². The Morgan fingerprint density at radius 1 is 1.08 bits per heavy atom. The Bertz CT molecular complexity index is 1500. The standard InChI is InChI=1S/C26H23N5O5S/c1-16-2-8-20-23(14-16)36-25(28-20)17-3-6-19(7-4-17)27-26(37)29-24(32)18-5-9-21(22(15-18)31(33)34)30-10-12-35-13-11-30/h2-9,14-15H,10-13H2,1H3,(H2,27,29,32,37). The van der Waals surface area contributed by atoms with Gasteiger partial charge in [0.05, 0.1) is 18.1 Å². The van der Waals surface area contributed by atoms with Gasteiger partial charge in [0.25, 0.3) is 11.6 Å². The molecule has 0 unspecified atom stereocenters. The Morgan fingerprint density at radius 3 is 2.57 bits per heavy atom. The Morgan fingerprint density at radius 2 is 1.84 bits per heavy atom. The van der Waals surface area contributed by atoms with Gasteiger partial charge in [0.2, 0.25) is 5.89 Å². The zero-order valence-corrected chi connectivity index (χ0v) is 20.7. The number of ether oxygens (including phenoxy) is 1. The summed E-state index contributed by atoms with van der Waals surface area (Å²) in [5, 5.41) is 17.3. The third kappa shape index (κ3) is 5.42. The molecule has 1 aliphatic heterocycles. The lowest BCUT2D eigenvalue weighted by atomic mass is 10.1. The summed E-state index contributed by atoms with van der Waals surface area (Å²) < 4.78 is 11.2. The predicted molar refractivity (Wildman–Crippen MR) is 144 cm³/mol. The van der Waals surface area contributed by atoms with Gasteiger partial charge in [-0.05, 0) is 73.2 Å². The van der Waals surface area contributed by atoms with Crippen molar-refractivity contribution >= 4 is 51.4 Å². The van der Waals surface area contributed by atoms with E-state index in [2.05, 4.69) is 15.6 Å². The zero-order valence-electron chi connectivity index (χ0n) is 19.9. The van der Waals surface area contributed by atoms with Gasteiger partial charge in [0, 0.05) is 36.0 Å². The van der Waals surface area contributed by atoms with E-state index in [1.807, 2.05) is 42.2 Å². The van der Waals surface area contributed by atoms with E-state index in [1.54, 1.807) is 24.3 Å². The zero-order chi connectivity index (χ0) is 25.9. The summed E-state index contributed by atoms with van der Waals surface area (Å²) in [6.07, 6.45) is 0. The van der Waals surface area contributed by atoms with Gasteiger partial charge in [0.1, 0.15) is 11.2 Å². The molecular formula is C26H23N5O5S. The van der Waals surface area contributed by atoms with Gasteiger partial charge in [-0.25, -0.2) is 4.98 Å². The van der Waals surface area contributed by atoms with E-state index in [4.69, 9.17) is 21.4 Å². The molecule has 5 rings (SSSR count). The first-order chi connectivity index (χ1) is 17.9. The highest BCUT2D eigenvalue weighted by atomic mass is 32.1. The minimum absolute atomic E-state index is 0.0648. The van der Waals surface area contributed by atoms with Crippen LogP contribution in [-0.4, -0.2) is 47.2 Å². The van der Waals surface area contributed by atoms with Crippen molar-refractivity contribution in [2.75, 3.05) is 36.5 Å². The summed E-state index contributed by atoms with van der Waals surface area (Å²) in [4.78, 5) is 30.3. The first-order valence-electron chi connectivity index (χ1n) is 11.6. The molecule has 0 aliphatic carbocycles. The molecule has 2 heterocycles. The molecule has 4 aromatic rings. The molecule has 0 saturated carbocycles. The topological polar surface area (TPSA) is 123 Å². The second-order valence-electron chi connectivity index (χ2n) is 8.54. The summed E-state index contributed by atoms with van der Waals surface area (Å²) in [6, 6.07) is 17.5. The molecule has 0 spiro atoms. The lowest BCUT2D eigenvalue weighted by Gasteiger charge is -2.28. The minimum atomic E-state index is -0.549. The molecule has 11 heteroatoms. The smallest absolute Gasteiger partial charge is 0.293 e. The molecule has 1 fully saturated rings. The minimum Gasteiger partial charge on any atom is -0.436 e. The summed E-state index contributed by atoms with van der Waals surface area (Å²) in [7, 11) is 0. The first kappa shape index (κ1) is 24.3. The fourth-order valence-corrected chi connectivity index (χ4v) is 4.28. The van der Waals surface area contributed by atoms with Crippen molar-refractivity contribution in [1.82, 2.24) is 10.3 Å². The number of carbonyl (C=O) groups is 1. The second kappa shape index (κ2) is 10.3. The van der Waals surface area contributed by atoms with Crippen LogP contribution in [0, 0.1) is 17.0 Å². The largest absolute Gasteiger partial charge is 0.436 e. The molecule has 1 aliphatic rings. The number of nitro benzene ring substituents is 1. The number of aryl methyl sites for hydroxylation is 1. The molecule has 1 amide bonds. The van der Waals surface area contributed by atoms with Crippen molar-refractivity contribution in [2.24, 2.45) is 0 Å². The van der Waals surface area contributed by atoms with E-state index >= 15 is 0 Å². The summed E-state index contributed by atoms with van der Waals surface area (Å²) in [5.41, 5.74) is 4.49. The van der Waals surface area contributed by atoms with Crippen LogP contribution in [0.5, 0.6) is 0 Å². The molecule has 0 bridgehead atoms. The molecule has 3 aromatic carbocycles. The Labute approximate surface area is 217 Å². The highest BCUT2D eigenvalue weighted by Crippen LogP contribution is 2.30. The number of oxazole rings is 1. The fraction of sp³-hybridized carbons (Fsp3) is 0.192. The van der Waals surface area contributed by atoms with Gasteiger partial charge in [-0.1, -0.05) is 6.07 Å². The van der Waals surface area contributed by atoms with Crippen molar-refractivity contribution in [3.63, 3.8) is 0 Å². The van der Waals surface area contributed by atoms with Crippen molar-refractivity contribution in [1.29, 1.82) is 0 Å². The number of nitro groups is 1. The van der Waals surface area contributed by atoms with E-state index in [0.717, 1.165) is 22.2 Å². The molecule has 2 N–H and O–H groups in total. The maximum absolute atomic E-state index is 12.7. The maximum Gasteiger partial charge on any atom is 0.293 e. The average molecular weight is 518 g/mol. The number of carbonyl (C=O) groups excluding carboxylic acids is 1. The van der Waals surface area contributed by atoms with Crippen LogP contribution in [0.3, 0.4) is 0 Å². The average Bonchev–Trinajstić information content (AvgIpc) is 3.32. The highest BCUT2D eigenvalue weighted by molar-refractivity contribution is 7.80. The summed E-state index contributed by atoms with van der Waals surface area (Å²) in [6.45, 7) is 4.08. The molecule has 188 valence electrons. The lowest BCUT2D eigenvalue weighted by molar-refractivity contribution is -0.384. The van der Waals surface area contributed by atoms with E-state index in [1.165, 1.54) is 6.07 Å². The Kier molecular flexibility index (Phi) is 6.80. The molecular weight excluding hydrogens is 494 g/mol. The number of nitrogens with one attached hydrogen (secondary N) is 2. The van der Waals surface area contributed by atoms with Crippen LogP contribution in [-0.2, 0) is 4.74 Å². The van der Waals surface area contributed by atoms with Crippen LogP contribution in [0.2, 0.25) is 0 Å². The van der Waals surface area contributed by atoms with Gasteiger partial charge in [-0.3, -0.25) is 20.2 Å². The Hall–Kier alpha value is -4.35. The quantitative estimate of drug-likeness (QED) is 0.221. The van der Waals surface area contributed by atoms with Crippen molar-refractivity contribution in [3.8, 4) is 11.5 Å². The lowest BCUT2D eigenvalue weighted by Crippen LogP contribution is -2.37. The number of nitrogens with zero attached hydrogens (tertiary/aromatic N) is 3. The van der Waals surface area contributed by atoms with Crippen molar-refractivity contribution < 1.29 is 18.9 Å². The van der Waals surface area contributed by atoms with E-state index < -0.39 is 10.8 Å². The molecule has 37 heavy (non-hydrogen) atoms. The van der Waals surface area contributed by atoms with E-state index in [9.17, 15) is 14.9 Å². The monoisotopic (exact) mass is 517 g/mol.